The summed E-state index contributed by atoms with van der Waals surface area (Å²) in [5.74, 6) is 0.540. The van der Waals surface area contributed by atoms with Crippen LogP contribution >= 0.6 is 0 Å². The Balaban J connectivity index is 1.81. The topological polar surface area (TPSA) is 35.2 Å². The predicted molar refractivity (Wildman–Crippen MR) is 58.4 cm³/mol. The van der Waals surface area contributed by atoms with Crippen molar-refractivity contribution in [3.05, 3.63) is 0 Å². The van der Waals surface area contributed by atoms with Crippen molar-refractivity contribution in [1.82, 2.24) is 0 Å². The molecule has 2 N–H and O–H groups in total. The van der Waals surface area contributed by atoms with Gasteiger partial charge in [-0.3, -0.25) is 0 Å². The first-order chi connectivity index (χ1) is 7.18. The molecule has 1 saturated heterocycles. The third kappa shape index (κ3) is 3.15. The summed E-state index contributed by atoms with van der Waals surface area (Å²) in [6.45, 7) is 1.64. The van der Waals surface area contributed by atoms with E-state index >= 15 is 0 Å². The van der Waals surface area contributed by atoms with Gasteiger partial charge in [0.05, 0.1) is 0 Å². The lowest BCUT2D eigenvalue weighted by molar-refractivity contribution is 0.0187. The Bertz CT molecular complexity index is 196. The summed E-state index contributed by atoms with van der Waals surface area (Å²) < 4.78 is 19.7. The van der Waals surface area contributed by atoms with Crippen molar-refractivity contribution in [1.29, 1.82) is 0 Å². The van der Waals surface area contributed by atoms with Crippen LogP contribution in [-0.4, -0.2) is 24.9 Å². The van der Waals surface area contributed by atoms with Crippen LogP contribution in [0.5, 0.6) is 0 Å². The molecule has 2 rings (SSSR count). The molecule has 0 bridgehead atoms. The van der Waals surface area contributed by atoms with E-state index in [0.29, 0.717) is 18.8 Å². The van der Waals surface area contributed by atoms with Crippen molar-refractivity contribution in [2.75, 3.05) is 13.2 Å². The van der Waals surface area contributed by atoms with Crippen molar-refractivity contribution < 1.29 is 9.13 Å². The van der Waals surface area contributed by atoms with Gasteiger partial charge in [-0.15, -0.1) is 0 Å². The molecule has 0 atom stereocenters. The fourth-order valence-corrected chi connectivity index (χ4v) is 2.83. The van der Waals surface area contributed by atoms with Gasteiger partial charge in [0.15, 0.2) is 0 Å². The lowest BCUT2D eigenvalue weighted by atomic mass is 9.77. The minimum absolute atomic E-state index is 0.239. The fourth-order valence-electron chi connectivity index (χ4n) is 2.83. The number of ether oxygens (including phenoxy) is 1. The first-order valence-electron chi connectivity index (χ1n) is 6.20. The van der Waals surface area contributed by atoms with E-state index in [0.717, 1.165) is 45.3 Å². The summed E-state index contributed by atoms with van der Waals surface area (Å²) in [5, 5.41) is 0. The molecule has 2 fully saturated rings. The third-order valence-electron chi connectivity index (χ3n) is 3.92. The average Bonchev–Trinajstić information content (AvgIpc) is 2.24. The summed E-state index contributed by atoms with van der Waals surface area (Å²) in [6.07, 6.45) is 5.88. The number of rotatable bonds is 2. The highest BCUT2D eigenvalue weighted by Gasteiger charge is 2.36. The van der Waals surface area contributed by atoms with Crippen LogP contribution in [0.15, 0.2) is 0 Å². The third-order valence-corrected chi connectivity index (χ3v) is 3.92. The lowest BCUT2D eigenvalue weighted by Gasteiger charge is -2.36. The molecule has 0 aromatic heterocycles. The number of alkyl halides is 1. The average molecular weight is 215 g/mol. The monoisotopic (exact) mass is 215 g/mol. The van der Waals surface area contributed by atoms with E-state index in [2.05, 4.69) is 0 Å². The van der Waals surface area contributed by atoms with Crippen molar-refractivity contribution in [2.45, 2.75) is 56.7 Å². The zero-order valence-corrected chi connectivity index (χ0v) is 9.38. The molecule has 0 aromatic carbocycles. The van der Waals surface area contributed by atoms with Gasteiger partial charge in [-0.25, -0.2) is 4.39 Å². The second kappa shape index (κ2) is 4.79. The van der Waals surface area contributed by atoms with E-state index in [-0.39, 0.29) is 6.04 Å². The lowest BCUT2D eigenvalue weighted by Crippen LogP contribution is -2.37. The van der Waals surface area contributed by atoms with Crippen LogP contribution in [-0.2, 0) is 4.74 Å². The molecule has 1 saturated carbocycles. The van der Waals surface area contributed by atoms with E-state index < -0.39 is 5.67 Å². The van der Waals surface area contributed by atoms with E-state index in [9.17, 15) is 4.39 Å². The van der Waals surface area contributed by atoms with Crippen molar-refractivity contribution in [2.24, 2.45) is 11.7 Å². The van der Waals surface area contributed by atoms with Gasteiger partial charge in [0.25, 0.3) is 0 Å². The molecular weight excluding hydrogens is 193 g/mol. The van der Waals surface area contributed by atoms with Crippen molar-refractivity contribution in [3.63, 3.8) is 0 Å². The first-order valence-corrected chi connectivity index (χ1v) is 6.20. The molecule has 3 heteroatoms. The Hall–Kier alpha value is -0.150. The van der Waals surface area contributed by atoms with Crippen LogP contribution < -0.4 is 5.73 Å². The van der Waals surface area contributed by atoms with Crippen LogP contribution in [0.1, 0.15) is 44.9 Å². The zero-order valence-electron chi connectivity index (χ0n) is 9.38. The highest BCUT2D eigenvalue weighted by molar-refractivity contribution is 4.89. The molecule has 1 aliphatic heterocycles. The highest BCUT2D eigenvalue weighted by Crippen LogP contribution is 2.38. The molecule has 1 heterocycles. The van der Waals surface area contributed by atoms with Crippen LogP contribution in [0.3, 0.4) is 0 Å². The fraction of sp³-hybridized carbons (Fsp3) is 1.00. The van der Waals surface area contributed by atoms with Gasteiger partial charge in [0.2, 0.25) is 0 Å². The second-order valence-corrected chi connectivity index (χ2v) is 5.25. The van der Waals surface area contributed by atoms with Gasteiger partial charge in [-0.05, 0) is 50.9 Å². The number of halogens is 1. The van der Waals surface area contributed by atoms with Crippen LogP contribution in [0.25, 0.3) is 0 Å². The SMILES string of the molecule is NC1CCC(F)(CC2CCOCC2)CC1. The van der Waals surface area contributed by atoms with Gasteiger partial charge in [0, 0.05) is 19.3 Å². The second-order valence-electron chi connectivity index (χ2n) is 5.25. The number of hydrogen-bond acceptors (Lipinski definition) is 2. The predicted octanol–water partition coefficient (Wildman–Crippen LogP) is 2.41. The maximum Gasteiger partial charge on any atom is 0.111 e. The van der Waals surface area contributed by atoms with Gasteiger partial charge < -0.3 is 10.5 Å². The molecule has 2 nitrogen and oxygen atoms in total. The van der Waals surface area contributed by atoms with E-state index in [1.807, 2.05) is 0 Å². The molecule has 2 aliphatic rings. The molecule has 0 aromatic rings. The first kappa shape index (κ1) is 11.3. The Morgan fingerprint density at radius 2 is 1.73 bits per heavy atom. The van der Waals surface area contributed by atoms with Gasteiger partial charge >= 0.3 is 0 Å². The van der Waals surface area contributed by atoms with Crippen molar-refractivity contribution >= 4 is 0 Å². The molecule has 88 valence electrons. The van der Waals surface area contributed by atoms with Crippen LogP contribution in [0.4, 0.5) is 4.39 Å². The van der Waals surface area contributed by atoms with Crippen molar-refractivity contribution in [3.8, 4) is 0 Å². The van der Waals surface area contributed by atoms with E-state index in [4.69, 9.17) is 10.5 Å². The standard InChI is InChI=1S/C12H22FNO/c13-12(5-1-11(14)2-6-12)9-10-3-7-15-8-4-10/h10-11H,1-9,14H2. The maximum atomic E-state index is 14.4. The minimum atomic E-state index is -0.919. The quantitative estimate of drug-likeness (QED) is 0.767. The van der Waals surface area contributed by atoms with E-state index in [1.54, 1.807) is 0 Å². The summed E-state index contributed by atoms with van der Waals surface area (Å²) in [6, 6.07) is 0.239. The molecule has 0 unspecified atom stereocenters. The minimum Gasteiger partial charge on any atom is -0.381 e. The molecule has 0 radical (unpaired) electrons. The Morgan fingerprint density at radius 3 is 2.33 bits per heavy atom. The van der Waals surface area contributed by atoms with Gasteiger partial charge in [-0.1, -0.05) is 0 Å². The molecule has 0 amide bonds. The Kier molecular flexibility index (Phi) is 3.62. The number of nitrogens with two attached hydrogens (primary N) is 1. The molecule has 1 aliphatic carbocycles. The largest absolute Gasteiger partial charge is 0.381 e. The normalized spacial score (nSPS) is 39.2. The molecular formula is C12H22FNO. The maximum absolute atomic E-state index is 14.4. The van der Waals surface area contributed by atoms with Gasteiger partial charge in [0.1, 0.15) is 5.67 Å². The summed E-state index contributed by atoms with van der Waals surface area (Å²) in [4.78, 5) is 0. The van der Waals surface area contributed by atoms with E-state index in [1.165, 1.54) is 0 Å². The Labute approximate surface area is 91.4 Å². The summed E-state index contributed by atoms with van der Waals surface area (Å²) in [7, 11) is 0. The summed E-state index contributed by atoms with van der Waals surface area (Å²) >= 11 is 0. The van der Waals surface area contributed by atoms with Gasteiger partial charge in [-0.2, -0.15) is 0 Å². The number of hydrogen-bond donors (Lipinski definition) is 1. The molecule has 15 heavy (non-hydrogen) atoms. The Morgan fingerprint density at radius 1 is 1.13 bits per heavy atom. The smallest absolute Gasteiger partial charge is 0.111 e. The highest BCUT2D eigenvalue weighted by atomic mass is 19.1. The summed E-state index contributed by atoms with van der Waals surface area (Å²) in [5.41, 5.74) is 4.88. The van der Waals surface area contributed by atoms with Crippen LogP contribution in [0.2, 0.25) is 0 Å². The zero-order chi connectivity index (χ0) is 10.7. The molecule has 0 spiro atoms. The van der Waals surface area contributed by atoms with Crippen LogP contribution in [0, 0.1) is 5.92 Å².